The molecule has 154 valence electrons. The maximum atomic E-state index is 12.6. The molecule has 3 rings (SSSR count). The highest BCUT2D eigenvalue weighted by atomic mass is 32.2. The SMILES string of the molecule is CC(=O)N1c2ccc(S(=O)(=O)NCCC(=O)N3CCCCCC3)cc2CC1C. The minimum atomic E-state index is -3.69. The molecule has 2 heterocycles. The Morgan fingerprint density at radius 1 is 1.14 bits per heavy atom. The van der Waals surface area contributed by atoms with Crippen molar-refractivity contribution in [2.45, 2.75) is 63.3 Å². The van der Waals surface area contributed by atoms with Crippen molar-refractivity contribution >= 4 is 27.5 Å². The zero-order chi connectivity index (χ0) is 20.3. The van der Waals surface area contributed by atoms with Gasteiger partial charge in [0.2, 0.25) is 21.8 Å². The van der Waals surface area contributed by atoms with Crippen molar-refractivity contribution in [3.8, 4) is 0 Å². The van der Waals surface area contributed by atoms with Gasteiger partial charge in [-0.25, -0.2) is 13.1 Å². The summed E-state index contributed by atoms with van der Waals surface area (Å²) in [5.74, 6) is -0.0449. The monoisotopic (exact) mass is 407 g/mol. The van der Waals surface area contributed by atoms with Crippen molar-refractivity contribution in [2.24, 2.45) is 0 Å². The number of nitrogens with one attached hydrogen (secondary N) is 1. The summed E-state index contributed by atoms with van der Waals surface area (Å²) in [6.45, 7) is 5.08. The molecule has 0 radical (unpaired) electrons. The first-order valence-corrected chi connectivity index (χ1v) is 11.5. The molecular formula is C20H29N3O4S. The van der Waals surface area contributed by atoms with E-state index in [1.54, 1.807) is 17.0 Å². The van der Waals surface area contributed by atoms with E-state index >= 15 is 0 Å². The van der Waals surface area contributed by atoms with E-state index in [1.807, 2.05) is 11.8 Å². The molecule has 28 heavy (non-hydrogen) atoms. The Bertz CT molecular complexity index is 845. The maximum Gasteiger partial charge on any atom is 0.240 e. The molecule has 1 unspecified atom stereocenters. The van der Waals surface area contributed by atoms with E-state index in [4.69, 9.17) is 0 Å². The number of rotatable bonds is 5. The quantitative estimate of drug-likeness (QED) is 0.809. The average molecular weight is 408 g/mol. The van der Waals surface area contributed by atoms with Gasteiger partial charge in [0.05, 0.1) is 4.90 Å². The van der Waals surface area contributed by atoms with E-state index in [0.29, 0.717) is 6.42 Å². The van der Waals surface area contributed by atoms with Gasteiger partial charge >= 0.3 is 0 Å². The Kier molecular flexibility index (Phi) is 6.40. The third-order valence-corrected chi connectivity index (χ3v) is 6.96. The van der Waals surface area contributed by atoms with Gasteiger partial charge in [0, 0.05) is 44.7 Å². The topological polar surface area (TPSA) is 86.8 Å². The minimum absolute atomic E-state index is 0.00415. The minimum Gasteiger partial charge on any atom is -0.343 e. The molecule has 1 aromatic rings. The zero-order valence-corrected chi connectivity index (χ0v) is 17.4. The molecule has 0 spiro atoms. The number of benzene rings is 1. The van der Waals surface area contributed by atoms with Crippen LogP contribution in [0.2, 0.25) is 0 Å². The van der Waals surface area contributed by atoms with Gasteiger partial charge in [0.1, 0.15) is 0 Å². The second kappa shape index (κ2) is 8.61. The third-order valence-electron chi connectivity index (χ3n) is 5.51. The first kappa shape index (κ1) is 20.8. The van der Waals surface area contributed by atoms with Gasteiger partial charge in [-0.2, -0.15) is 0 Å². The Hall–Kier alpha value is -1.93. The molecule has 0 saturated carbocycles. The van der Waals surface area contributed by atoms with Crippen molar-refractivity contribution in [3.05, 3.63) is 23.8 Å². The lowest BCUT2D eigenvalue weighted by atomic mass is 10.1. The molecule has 0 aliphatic carbocycles. The van der Waals surface area contributed by atoms with Crippen LogP contribution in [0.3, 0.4) is 0 Å². The normalized spacial score (nSPS) is 20.0. The number of sulfonamides is 1. The summed E-state index contributed by atoms with van der Waals surface area (Å²) in [7, 11) is -3.69. The summed E-state index contributed by atoms with van der Waals surface area (Å²) in [4.78, 5) is 27.8. The number of likely N-dealkylation sites (tertiary alicyclic amines) is 1. The lowest BCUT2D eigenvalue weighted by Crippen LogP contribution is -2.35. The summed E-state index contributed by atoms with van der Waals surface area (Å²) in [6.07, 6.45) is 5.12. The Balaban J connectivity index is 1.61. The van der Waals surface area contributed by atoms with Gasteiger partial charge in [-0.3, -0.25) is 9.59 Å². The zero-order valence-electron chi connectivity index (χ0n) is 16.6. The highest BCUT2D eigenvalue weighted by molar-refractivity contribution is 7.89. The predicted octanol–water partition coefficient (Wildman–Crippen LogP) is 2.06. The summed E-state index contributed by atoms with van der Waals surface area (Å²) >= 11 is 0. The molecule has 2 amide bonds. The van der Waals surface area contributed by atoms with Crippen LogP contribution in [0.5, 0.6) is 0 Å². The lowest BCUT2D eigenvalue weighted by Gasteiger charge is -2.21. The second-order valence-corrected chi connectivity index (χ2v) is 9.44. The number of anilines is 1. The fraction of sp³-hybridized carbons (Fsp3) is 0.600. The number of nitrogens with zero attached hydrogens (tertiary/aromatic N) is 2. The van der Waals surface area contributed by atoms with Gasteiger partial charge in [-0.15, -0.1) is 0 Å². The van der Waals surface area contributed by atoms with Crippen LogP contribution in [-0.2, 0) is 26.0 Å². The van der Waals surface area contributed by atoms with Gasteiger partial charge in [0.15, 0.2) is 0 Å². The predicted molar refractivity (Wildman–Crippen MR) is 108 cm³/mol. The fourth-order valence-electron chi connectivity index (χ4n) is 4.11. The van der Waals surface area contributed by atoms with E-state index in [1.165, 1.54) is 13.0 Å². The van der Waals surface area contributed by atoms with E-state index in [0.717, 1.165) is 50.0 Å². The molecule has 1 saturated heterocycles. The summed E-state index contributed by atoms with van der Waals surface area (Å²) in [5, 5.41) is 0. The van der Waals surface area contributed by atoms with Crippen LogP contribution < -0.4 is 9.62 Å². The number of hydrogen-bond donors (Lipinski definition) is 1. The molecule has 7 nitrogen and oxygen atoms in total. The molecule has 8 heteroatoms. The van der Waals surface area contributed by atoms with Crippen LogP contribution in [0.15, 0.2) is 23.1 Å². The third kappa shape index (κ3) is 4.55. The Morgan fingerprint density at radius 3 is 2.46 bits per heavy atom. The van der Waals surface area contributed by atoms with E-state index in [2.05, 4.69) is 4.72 Å². The van der Waals surface area contributed by atoms with Crippen LogP contribution >= 0.6 is 0 Å². The molecule has 2 aliphatic heterocycles. The van der Waals surface area contributed by atoms with Gasteiger partial charge in [-0.1, -0.05) is 12.8 Å². The lowest BCUT2D eigenvalue weighted by molar-refractivity contribution is -0.131. The Labute approximate surface area is 167 Å². The molecule has 0 aromatic heterocycles. The first-order valence-electron chi connectivity index (χ1n) is 10.00. The maximum absolute atomic E-state index is 12.6. The highest BCUT2D eigenvalue weighted by Gasteiger charge is 2.30. The van der Waals surface area contributed by atoms with Gasteiger partial charge in [0.25, 0.3) is 0 Å². The van der Waals surface area contributed by atoms with Gasteiger partial charge in [-0.05, 0) is 49.9 Å². The van der Waals surface area contributed by atoms with Crippen molar-refractivity contribution < 1.29 is 18.0 Å². The second-order valence-electron chi connectivity index (χ2n) is 7.68. The number of fused-ring (bicyclic) bond motifs is 1. The number of carbonyl (C=O) groups excluding carboxylic acids is 2. The van der Waals surface area contributed by atoms with Crippen molar-refractivity contribution in [3.63, 3.8) is 0 Å². The fourth-order valence-corrected chi connectivity index (χ4v) is 5.19. The van der Waals surface area contributed by atoms with E-state index < -0.39 is 10.0 Å². The van der Waals surface area contributed by atoms with Crippen LogP contribution in [0, 0.1) is 0 Å². The summed E-state index contributed by atoms with van der Waals surface area (Å²) in [5.41, 5.74) is 1.63. The number of hydrogen-bond acceptors (Lipinski definition) is 4. The van der Waals surface area contributed by atoms with Crippen molar-refractivity contribution in [1.82, 2.24) is 9.62 Å². The van der Waals surface area contributed by atoms with Gasteiger partial charge < -0.3 is 9.80 Å². The smallest absolute Gasteiger partial charge is 0.240 e. The highest BCUT2D eigenvalue weighted by Crippen LogP contribution is 2.33. The van der Waals surface area contributed by atoms with Crippen LogP contribution in [0.1, 0.15) is 51.5 Å². The largest absolute Gasteiger partial charge is 0.343 e. The number of carbonyl (C=O) groups is 2. The van der Waals surface area contributed by atoms with E-state index in [9.17, 15) is 18.0 Å². The Morgan fingerprint density at radius 2 is 1.82 bits per heavy atom. The summed E-state index contributed by atoms with van der Waals surface area (Å²) in [6, 6.07) is 4.86. The molecule has 0 bridgehead atoms. The molecule has 2 aliphatic rings. The molecule has 1 aromatic carbocycles. The molecule has 1 fully saturated rings. The van der Waals surface area contributed by atoms with Crippen molar-refractivity contribution in [2.75, 3.05) is 24.5 Å². The van der Waals surface area contributed by atoms with E-state index in [-0.39, 0.29) is 35.7 Å². The number of amides is 2. The van der Waals surface area contributed by atoms with Crippen LogP contribution in [0.4, 0.5) is 5.69 Å². The summed E-state index contributed by atoms with van der Waals surface area (Å²) < 4.78 is 27.8. The molecule has 1 atom stereocenters. The van der Waals surface area contributed by atoms with Crippen LogP contribution in [0.25, 0.3) is 0 Å². The molecular weight excluding hydrogens is 378 g/mol. The molecule has 1 N–H and O–H groups in total. The average Bonchev–Trinajstić information content (AvgIpc) is 2.80. The first-order chi connectivity index (χ1) is 13.3. The van der Waals surface area contributed by atoms with Crippen LogP contribution in [-0.4, -0.2) is 50.8 Å². The van der Waals surface area contributed by atoms with Crippen molar-refractivity contribution in [1.29, 1.82) is 0 Å². The standard InChI is InChI=1S/C20H29N3O4S/c1-15-13-17-14-18(7-8-19(17)23(15)16(2)24)28(26,27)21-10-9-20(25)22-11-5-3-4-6-12-22/h7-8,14-15,21H,3-6,9-13H2,1-2H3.